The Hall–Kier alpha value is -1.76. The first-order chi connectivity index (χ1) is 11.6. The third-order valence-electron chi connectivity index (χ3n) is 3.34. The number of rotatable bonds is 5. The molecule has 0 saturated heterocycles. The van der Waals surface area contributed by atoms with Crippen LogP contribution in [0.25, 0.3) is 10.2 Å². The maximum Gasteiger partial charge on any atom is 0.237 e. The van der Waals surface area contributed by atoms with E-state index in [1.54, 1.807) is 18.4 Å². The molecule has 0 bridgehead atoms. The first kappa shape index (κ1) is 17.1. The number of carbonyl (C=O) groups is 1. The molecule has 3 aromatic rings. The number of hydrogen-bond donors (Lipinski definition) is 1. The summed E-state index contributed by atoms with van der Waals surface area (Å²) >= 11 is 8.97. The fourth-order valence-electron chi connectivity index (χ4n) is 2.12. The molecule has 1 aromatic heterocycles. The predicted molar refractivity (Wildman–Crippen MR) is 102 cm³/mol. The van der Waals surface area contributed by atoms with Crippen LogP contribution in [0, 0.1) is 0 Å². The lowest BCUT2D eigenvalue weighted by Gasteiger charge is -2.13. The molecule has 1 atom stereocenters. The second-order valence-corrected chi connectivity index (χ2v) is 8.10. The molecule has 3 rings (SSSR count). The molecular formula is C17H15ClN2O2S2. The van der Waals surface area contributed by atoms with Crippen molar-refractivity contribution >= 4 is 56.5 Å². The maximum atomic E-state index is 12.4. The quantitative estimate of drug-likeness (QED) is 0.629. The highest BCUT2D eigenvalue weighted by Crippen LogP contribution is 2.34. The summed E-state index contributed by atoms with van der Waals surface area (Å²) in [6, 6.07) is 13.0. The molecule has 0 radical (unpaired) electrons. The van der Waals surface area contributed by atoms with Crippen LogP contribution in [0.15, 0.2) is 46.8 Å². The van der Waals surface area contributed by atoms with Crippen molar-refractivity contribution in [1.82, 2.24) is 4.98 Å². The van der Waals surface area contributed by atoms with Crippen molar-refractivity contribution in [3.63, 3.8) is 0 Å². The lowest BCUT2D eigenvalue weighted by Crippen LogP contribution is -2.22. The number of nitrogens with one attached hydrogen (secondary N) is 1. The highest BCUT2D eigenvalue weighted by molar-refractivity contribution is 8.02. The second kappa shape index (κ2) is 7.42. The van der Waals surface area contributed by atoms with Crippen LogP contribution in [0.2, 0.25) is 5.02 Å². The molecule has 0 saturated carbocycles. The smallest absolute Gasteiger partial charge is 0.237 e. The summed E-state index contributed by atoms with van der Waals surface area (Å²) in [6.07, 6.45) is 0. The van der Waals surface area contributed by atoms with Gasteiger partial charge in [-0.1, -0.05) is 35.5 Å². The van der Waals surface area contributed by atoms with Gasteiger partial charge in [0, 0.05) is 5.02 Å². The standard InChI is InChI=1S/C17H15ClN2O2S2/c1-10(16(21)19-12-5-3-4-6-14(12)22-2)23-17-20-13-9-11(18)7-8-15(13)24-17/h3-10H,1-2H3,(H,19,21)/t10-/m1/s1. The first-order valence-corrected chi connectivity index (χ1v) is 9.31. The summed E-state index contributed by atoms with van der Waals surface area (Å²) in [4.78, 5) is 17.0. The number of benzene rings is 2. The zero-order valence-electron chi connectivity index (χ0n) is 13.1. The highest BCUT2D eigenvalue weighted by Gasteiger charge is 2.18. The Morgan fingerprint density at radius 2 is 2.12 bits per heavy atom. The highest BCUT2D eigenvalue weighted by atomic mass is 35.5. The van der Waals surface area contributed by atoms with Gasteiger partial charge in [-0.15, -0.1) is 11.3 Å². The molecule has 4 nitrogen and oxygen atoms in total. The van der Waals surface area contributed by atoms with Crippen molar-refractivity contribution in [3.8, 4) is 5.75 Å². The van der Waals surface area contributed by atoms with Crippen molar-refractivity contribution in [1.29, 1.82) is 0 Å². The van der Waals surface area contributed by atoms with Crippen LogP contribution in [-0.2, 0) is 4.79 Å². The van der Waals surface area contributed by atoms with E-state index in [1.807, 2.05) is 49.4 Å². The number of aromatic nitrogens is 1. The summed E-state index contributed by atoms with van der Waals surface area (Å²) in [6.45, 7) is 1.86. The van der Waals surface area contributed by atoms with Gasteiger partial charge in [0.15, 0.2) is 4.34 Å². The average molecular weight is 379 g/mol. The molecule has 1 amide bonds. The zero-order valence-corrected chi connectivity index (χ0v) is 15.5. The van der Waals surface area contributed by atoms with E-state index in [4.69, 9.17) is 16.3 Å². The average Bonchev–Trinajstić information content (AvgIpc) is 2.96. The van der Waals surface area contributed by atoms with Crippen LogP contribution in [0.1, 0.15) is 6.92 Å². The Labute approximate surface area is 153 Å². The number of para-hydroxylation sites is 2. The molecule has 0 unspecified atom stereocenters. The Morgan fingerprint density at radius 1 is 1.33 bits per heavy atom. The molecule has 0 fully saturated rings. The zero-order chi connectivity index (χ0) is 17.1. The third kappa shape index (κ3) is 3.83. The number of halogens is 1. The van der Waals surface area contributed by atoms with Crippen molar-refractivity contribution in [2.24, 2.45) is 0 Å². The molecule has 1 heterocycles. The number of hydrogen-bond acceptors (Lipinski definition) is 5. The second-order valence-electron chi connectivity index (χ2n) is 5.04. The minimum atomic E-state index is -0.286. The monoisotopic (exact) mass is 378 g/mol. The van der Waals surface area contributed by atoms with Crippen molar-refractivity contribution < 1.29 is 9.53 Å². The van der Waals surface area contributed by atoms with Gasteiger partial charge in [-0.3, -0.25) is 4.79 Å². The van der Waals surface area contributed by atoms with Crippen molar-refractivity contribution in [2.45, 2.75) is 16.5 Å². The Bertz CT molecular complexity index is 882. The predicted octanol–water partition coefficient (Wildman–Crippen LogP) is 5.08. The van der Waals surface area contributed by atoms with E-state index < -0.39 is 0 Å². The molecule has 7 heteroatoms. The summed E-state index contributed by atoms with van der Waals surface area (Å²) in [5.41, 5.74) is 1.51. The van der Waals surface area contributed by atoms with Crippen molar-refractivity contribution in [2.75, 3.05) is 12.4 Å². The molecular weight excluding hydrogens is 364 g/mol. The van der Waals surface area contributed by atoms with E-state index in [1.165, 1.54) is 11.8 Å². The number of thioether (sulfide) groups is 1. The fraction of sp³-hybridized carbons (Fsp3) is 0.176. The van der Waals surface area contributed by atoms with Gasteiger partial charge >= 0.3 is 0 Å². The van der Waals surface area contributed by atoms with E-state index in [0.29, 0.717) is 16.5 Å². The van der Waals surface area contributed by atoms with Gasteiger partial charge < -0.3 is 10.1 Å². The van der Waals surface area contributed by atoms with Gasteiger partial charge in [0.1, 0.15) is 5.75 Å². The third-order valence-corrected chi connectivity index (χ3v) is 5.81. The molecule has 2 aromatic carbocycles. The number of amides is 1. The van der Waals surface area contributed by atoms with E-state index in [2.05, 4.69) is 10.3 Å². The summed E-state index contributed by atoms with van der Waals surface area (Å²) in [5, 5.41) is 3.27. The van der Waals surface area contributed by atoms with Crippen molar-refractivity contribution in [3.05, 3.63) is 47.5 Å². The van der Waals surface area contributed by atoms with Crippen LogP contribution in [0.3, 0.4) is 0 Å². The van der Waals surface area contributed by atoms with Crippen LogP contribution in [-0.4, -0.2) is 23.3 Å². The molecule has 124 valence electrons. The molecule has 0 spiro atoms. The van der Waals surface area contributed by atoms with Gasteiger partial charge in [-0.2, -0.15) is 0 Å². The SMILES string of the molecule is COc1ccccc1NC(=O)[C@@H](C)Sc1nc2cc(Cl)ccc2s1. The topological polar surface area (TPSA) is 51.2 Å². The molecule has 1 N–H and O–H groups in total. The number of anilines is 1. The molecule has 24 heavy (non-hydrogen) atoms. The minimum Gasteiger partial charge on any atom is -0.495 e. The number of fused-ring (bicyclic) bond motifs is 1. The number of thiazole rings is 1. The van der Waals surface area contributed by atoms with Crippen LogP contribution in [0.5, 0.6) is 5.75 Å². The number of nitrogens with zero attached hydrogens (tertiary/aromatic N) is 1. The van der Waals surface area contributed by atoms with E-state index in [-0.39, 0.29) is 11.2 Å². The van der Waals surface area contributed by atoms with Gasteiger partial charge in [-0.05, 0) is 37.3 Å². The number of carbonyl (C=O) groups excluding carboxylic acids is 1. The minimum absolute atomic E-state index is 0.0956. The van der Waals surface area contributed by atoms with Gasteiger partial charge in [0.2, 0.25) is 5.91 Å². The van der Waals surface area contributed by atoms with Crippen LogP contribution >= 0.6 is 34.7 Å². The Balaban J connectivity index is 1.71. The Kier molecular flexibility index (Phi) is 5.28. The lowest BCUT2D eigenvalue weighted by molar-refractivity contribution is -0.115. The summed E-state index contributed by atoms with van der Waals surface area (Å²) in [7, 11) is 1.58. The summed E-state index contributed by atoms with van der Waals surface area (Å²) in [5.74, 6) is 0.541. The van der Waals surface area contributed by atoms with E-state index in [0.717, 1.165) is 14.6 Å². The lowest BCUT2D eigenvalue weighted by atomic mass is 10.3. The Morgan fingerprint density at radius 3 is 2.92 bits per heavy atom. The van der Waals surface area contributed by atoms with Gasteiger partial charge in [0.25, 0.3) is 0 Å². The molecule has 0 aliphatic rings. The summed E-state index contributed by atoms with van der Waals surface area (Å²) < 4.78 is 7.15. The van der Waals surface area contributed by atoms with Crippen LogP contribution < -0.4 is 10.1 Å². The number of methoxy groups -OCH3 is 1. The molecule has 0 aliphatic carbocycles. The van der Waals surface area contributed by atoms with Gasteiger partial charge in [0.05, 0.1) is 28.3 Å². The van der Waals surface area contributed by atoms with E-state index >= 15 is 0 Å². The van der Waals surface area contributed by atoms with E-state index in [9.17, 15) is 4.79 Å². The normalized spacial score (nSPS) is 12.1. The van der Waals surface area contributed by atoms with Gasteiger partial charge in [-0.25, -0.2) is 4.98 Å². The number of ether oxygens (including phenoxy) is 1. The molecule has 0 aliphatic heterocycles. The fourth-order valence-corrected chi connectivity index (χ4v) is 4.47. The first-order valence-electron chi connectivity index (χ1n) is 7.23. The van der Waals surface area contributed by atoms with Crippen LogP contribution in [0.4, 0.5) is 5.69 Å². The largest absolute Gasteiger partial charge is 0.495 e. The maximum absolute atomic E-state index is 12.4.